The topological polar surface area (TPSA) is 17.3 Å². The van der Waals surface area contributed by atoms with E-state index in [2.05, 4.69) is 89.3 Å². The molecule has 0 saturated heterocycles. The Morgan fingerprint density at radius 3 is 2.32 bits per heavy atom. The summed E-state index contributed by atoms with van der Waals surface area (Å²) in [4.78, 5) is 5.26. The minimum Gasteiger partial charge on any atom is -0.295 e. The Kier molecular flexibility index (Phi) is 2.77. The fraction of sp³-hybridized carbons (Fsp3) is 0.0690. The van der Waals surface area contributed by atoms with Gasteiger partial charge in [0.15, 0.2) is 0 Å². The van der Waals surface area contributed by atoms with E-state index in [0.717, 1.165) is 24.2 Å². The molecule has 2 heterocycles. The molecule has 2 aliphatic rings. The van der Waals surface area contributed by atoms with Gasteiger partial charge in [0.05, 0.1) is 16.9 Å². The molecule has 2 aromatic heterocycles. The van der Waals surface area contributed by atoms with Gasteiger partial charge in [0.2, 0.25) is 0 Å². The van der Waals surface area contributed by atoms with Crippen LogP contribution >= 0.6 is 0 Å². The molecule has 2 heteroatoms. The number of aromatic nitrogens is 2. The molecule has 4 aromatic carbocycles. The summed E-state index contributed by atoms with van der Waals surface area (Å²) < 4.78 is 2.42. The number of rotatable bonds is 0. The van der Waals surface area contributed by atoms with Crippen LogP contribution in [0.15, 0.2) is 84.9 Å². The lowest BCUT2D eigenvalue weighted by molar-refractivity contribution is 1.09. The first-order chi connectivity index (χ1) is 15.4. The molecule has 2 aliphatic carbocycles. The first kappa shape index (κ1) is 15.9. The number of benzene rings is 4. The third kappa shape index (κ3) is 1.87. The van der Waals surface area contributed by atoms with Crippen LogP contribution in [0, 0.1) is 0 Å². The molecular weight excluding hydrogens is 376 g/mol. The molecule has 0 radical (unpaired) electrons. The van der Waals surface area contributed by atoms with E-state index in [4.69, 9.17) is 4.98 Å². The van der Waals surface area contributed by atoms with Gasteiger partial charge < -0.3 is 0 Å². The molecule has 2 nitrogen and oxygen atoms in total. The summed E-state index contributed by atoms with van der Waals surface area (Å²) in [6, 6.07) is 30.9. The lowest BCUT2D eigenvalue weighted by Gasteiger charge is -2.11. The lowest BCUT2D eigenvalue weighted by Crippen LogP contribution is -1.97. The molecule has 0 saturated carbocycles. The van der Waals surface area contributed by atoms with Crippen LogP contribution in [-0.2, 0) is 12.8 Å². The molecule has 0 amide bonds. The smallest absolute Gasteiger partial charge is 0.146 e. The standard InChI is InChI=1S/C29H18N2/c1-2-8-19-17(7-1)15-18-13-14-22-24(27(18)19)16-26-28(22)30-29-23-11-4-3-9-20(23)21-10-5-6-12-25(21)31(26)29/h1-14H,15-16H2. The number of imidazole rings is 1. The average molecular weight is 394 g/mol. The van der Waals surface area contributed by atoms with E-state index in [-0.39, 0.29) is 0 Å². The van der Waals surface area contributed by atoms with Gasteiger partial charge in [-0.2, -0.15) is 0 Å². The molecule has 8 rings (SSSR count). The average Bonchev–Trinajstić information content (AvgIpc) is 3.48. The van der Waals surface area contributed by atoms with Gasteiger partial charge in [-0.05, 0) is 45.7 Å². The lowest BCUT2D eigenvalue weighted by atomic mass is 9.96. The molecule has 0 fully saturated rings. The highest BCUT2D eigenvalue weighted by Crippen LogP contribution is 2.48. The largest absolute Gasteiger partial charge is 0.295 e. The second-order valence-corrected chi connectivity index (χ2v) is 8.77. The Bertz CT molecular complexity index is 1740. The summed E-state index contributed by atoms with van der Waals surface area (Å²) in [6.45, 7) is 0. The number of hydrogen-bond donors (Lipinski definition) is 0. The molecule has 0 atom stereocenters. The van der Waals surface area contributed by atoms with E-state index in [9.17, 15) is 0 Å². The second-order valence-electron chi connectivity index (χ2n) is 8.77. The van der Waals surface area contributed by atoms with E-state index in [0.29, 0.717) is 0 Å². The van der Waals surface area contributed by atoms with Crippen molar-refractivity contribution in [2.75, 3.05) is 0 Å². The first-order valence-electron chi connectivity index (χ1n) is 10.9. The number of para-hydroxylation sites is 1. The molecular formula is C29H18N2. The molecule has 0 bridgehead atoms. The van der Waals surface area contributed by atoms with Crippen LogP contribution in [-0.4, -0.2) is 9.38 Å². The molecule has 0 unspecified atom stereocenters. The van der Waals surface area contributed by atoms with Gasteiger partial charge in [-0.25, -0.2) is 4.98 Å². The molecule has 6 aromatic rings. The van der Waals surface area contributed by atoms with Gasteiger partial charge in [0, 0.05) is 22.8 Å². The Hall–Kier alpha value is -3.91. The van der Waals surface area contributed by atoms with Gasteiger partial charge in [-0.1, -0.05) is 78.9 Å². The summed E-state index contributed by atoms with van der Waals surface area (Å²) in [7, 11) is 0. The van der Waals surface area contributed by atoms with Crippen LogP contribution in [0.25, 0.3) is 49.7 Å². The predicted molar refractivity (Wildman–Crippen MR) is 127 cm³/mol. The van der Waals surface area contributed by atoms with E-state index in [1.165, 1.54) is 60.8 Å². The van der Waals surface area contributed by atoms with Crippen molar-refractivity contribution in [2.24, 2.45) is 0 Å². The Morgan fingerprint density at radius 1 is 0.613 bits per heavy atom. The summed E-state index contributed by atoms with van der Waals surface area (Å²) in [5.41, 5.74) is 13.3. The molecule has 144 valence electrons. The molecule has 0 spiro atoms. The minimum atomic E-state index is 0.936. The van der Waals surface area contributed by atoms with Crippen LogP contribution in [0.2, 0.25) is 0 Å². The highest BCUT2D eigenvalue weighted by atomic mass is 15.0. The number of pyridine rings is 1. The second kappa shape index (κ2) is 5.41. The van der Waals surface area contributed by atoms with E-state index < -0.39 is 0 Å². The van der Waals surface area contributed by atoms with E-state index in [1.807, 2.05) is 0 Å². The fourth-order valence-corrected chi connectivity index (χ4v) is 5.96. The van der Waals surface area contributed by atoms with Crippen molar-refractivity contribution in [2.45, 2.75) is 12.8 Å². The van der Waals surface area contributed by atoms with Crippen molar-refractivity contribution >= 4 is 27.3 Å². The molecule has 0 aliphatic heterocycles. The highest BCUT2D eigenvalue weighted by molar-refractivity contribution is 6.12. The van der Waals surface area contributed by atoms with Gasteiger partial charge >= 0.3 is 0 Å². The third-order valence-electron chi connectivity index (χ3n) is 7.24. The zero-order valence-corrected chi connectivity index (χ0v) is 16.9. The quantitative estimate of drug-likeness (QED) is 0.259. The van der Waals surface area contributed by atoms with Crippen molar-refractivity contribution in [3.05, 3.63) is 107 Å². The van der Waals surface area contributed by atoms with Crippen molar-refractivity contribution in [1.29, 1.82) is 0 Å². The molecule has 0 N–H and O–H groups in total. The first-order valence-corrected chi connectivity index (χ1v) is 10.9. The maximum atomic E-state index is 5.26. The van der Waals surface area contributed by atoms with Crippen molar-refractivity contribution in [3.63, 3.8) is 0 Å². The number of fused-ring (bicyclic) bond motifs is 14. The van der Waals surface area contributed by atoms with Crippen LogP contribution in [0.1, 0.15) is 22.4 Å². The van der Waals surface area contributed by atoms with Gasteiger partial charge in [-0.15, -0.1) is 0 Å². The SMILES string of the molecule is c1ccc2c(c1)Cc1ccc3c(c1-2)Cc1c-3nc2c3ccccc3c3ccccc3n12. The van der Waals surface area contributed by atoms with Crippen molar-refractivity contribution < 1.29 is 0 Å². The van der Waals surface area contributed by atoms with Crippen LogP contribution < -0.4 is 0 Å². The number of hydrogen-bond acceptors (Lipinski definition) is 1. The van der Waals surface area contributed by atoms with Gasteiger partial charge in [-0.3, -0.25) is 4.40 Å². The maximum absolute atomic E-state index is 5.26. The van der Waals surface area contributed by atoms with Gasteiger partial charge in [0.1, 0.15) is 5.65 Å². The van der Waals surface area contributed by atoms with E-state index in [1.54, 1.807) is 0 Å². The fourth-order valence-electron chi connectivity index (χ4n) is 5.96. The van der Waals surface area contributed by atoms with Gasteiger partial charge in [0.25, 0.3) is 0 Å². The number of nitrogens with zero attached hydrogens (tertiary/aromatic N) is 2. The minimum absolute atomic E-state index is 0.936. The predicted octanol–water partition coefficient (Wildman–Crippen LogP) is 6.78. The monoisotopic (exact) mass is 394 g/mol. The zero-order chi connectivity index (χ0) is 20.1. The van der Waals surface area contributed by atoms with Crippen LogP contribution in [0.5, 0.6) is 0 Å². The summed E-state index contributed by atoms with van der Waals surface area (Å²) in [6.07, 6.45) is 1.98. The highest BCUT2D eigenvalue weighted by Gasteiger charge is 2.31. The summed E-state index contributed by atoms with van der Waals surface area (Å²) >= 11 is 0. The van der Waals surface area contributed by atoms with Crippen molar-refractivity contribution in [1.82, 2.24) is 9.38 Å². The van der Waals surface area contributed by atoms with Crippen LogP contribution in [0.3, 0.4) is 0 Å². The molecule has 31 heavy (non-hydrogen) atoms. The Morgan fingerprint density at radius 2 is 1.39 bits per heavy atom. The van der Waals surface area contributed by atoms with Crippen LogP contribution in [0.4, 0.5) is 0 Å². The normalized spacial score (nSPS) is 13.5. The zero-order valence-electron chi connectivity index (χ0n) is 16.9. The summed E-state index contributed by atoms with van der Waals surface area (Å²) in [5, 5.41) is 3.79. The summed E-state index contributed by atoms with van der Waals surface area (Å²) in [5.74, 6) is 0. The maximum Gasteiger partial charge on any atom is 0.146 e. The Labute approximate surface area is 179 Å². The third-order valence-corrected chi connectivity index (χ3v) is 7.24. The van der Waals surface area contributed by atoms with E-state index >= 15 is 0 Å². The van der Waals surface area contributed by atoms with Crippen molar-refractivity contribution in [3.8, 4) is 22.4 Å². The Balaban J connectivity index is 1.50.